The third-order valence-electron chi connectivity index (χ3n) is 5.35. The van der Waals surface area contributed by atoms with Gasteiger partial charge in [-0.3, -0.25) is 4.79 Å². The molecule has 0 N–H and O–H groups in total. The summed E-state index contributed by atoms with van der Waals surface area (Å²) < 4.78 is 40.8. The lowest BCUT2D eigenvalue weighted by atomic mass is 10.2. The molecule has 1 aromatic heterocycles. The molecule has 2 aromatic carbocycles. The van der Waals surface area contributed by atoms with Crippen LogP contribution in [0, 0.1) is 0 Å². The molecule has 10 heteroatoms. The molecule has 0 radical (unpaired) electrons. The number of carbonyl (C=O) groups excluding carboxylic acids is 1. The zero-order chi connectivity index (χ0) is 22.9. The number of nitrogens with zero attached hydrogens (tertiary/aromatic N) is 3. The van der Waals surface area contributed by atoms with E-state index in [1.165, 1.54) is 39.9 Å². The molecule has 4 rings (SSSR count). The molecule has 8 nitrogen and oxygen atoms in total. The van der Waals surface area contributed by atoms with Crippen molar-refractivity contribution in [2.75, 3.05) is 19.9 Å². The van der Waals surface area contributed by atoms with Crippen LogP contribution in [0.1, 0.15) is 37.0 Å². The average Bonchev–Trinajstić information content (AvgIpc) is 3.36. The molecule has 0 unspecified atom stereocenters. The molecule has 0 bridgehead atoms. The number of carbonyl (C=O) groups is 1. The summed E-state index contributed by atoms with van der Waals surface area (Å²) in [6.45, 7) is 4.93. The minimum atomic E-state index is -3.59. The van der Waals surface area contributed by atoms with E-state index in [0.717, 1.165) is 23.1 Å². The highest BCUT2D eigenvalue weighted by Crippen LogP contribution is 2.36. The van der Waals surface area contributed by atoms with Gasteiger partial charge in [-0.2, -0.15) is 9.30 Å². The highest BCUT2D eigenvalue weighted by molar-refractivity contribution is 7.89. The van der Waals surface area contributed by atoms with Crippen LogP contribution in [0.5, 0.6) is 11.5 Å². The molecule has 1 aliphatic heterocycles. The number of ether oxygens (including phenoxy) is 2. The molecule has 3 aromatic rings. The summed E-state index contributed by atoms with van der Waals surface area (Å²) in [6, 6.07) is 9.71. The molecule has 0 aliphatic carbocycles. The molecule has 32 heavy (non-hydrogen) atoms. The van der Waals surface area contributed by atoms with Gasteiger partial charge in [0.25, 0.3) is 5.91 Å². The fraction of sp³-hybridized carbons (Fsp3) is 0.364. The predicted octanol–water partition coefficient (Wildman–Crippen LogP) is 3.52. The Labute approximate surface area is 190 Å². The van der Waals surface area contributed by atoms with Crippen LogP contribution < -0.4 is 14.3 Å². The second kappa shape index (κ2) is 9.05. The Kier molecular flexibility index (Phi) is 6.36. The van der Waals surface area contributed by atoms with E-state index in [1.54, 1.807) is 0 Å². The van der Waals surface area contributed by atoms with Crippen LogP contribution >= 0.6 is 11.3 Å². The van der Waals surface area contributed by atoms with Gasteiger partial charge in [0.05, 0.1) is 15.1 Å². The normalized spacial score (nSPS) is 13.9. The number of rotatable bonds is 7. The zero-order valence-electron chi connectivity index (χ0n) is 18.2. The van der Waals surface area contributed by atoms with Crippen LogP contribution in [0.25, 0.3) is 10.2 Å². The molecule has 1 aliphatic rings. The maximum atomic E-state index is 12.9. The maximum absolute atomic E-state index is 12.9. The first kappa shape index (κ1) is 22.5. The molecule has 0 atom stereocenters. The minimum Gasteiger partial charge on any atom is -0.454 e. The van der Waals surface area contributed by atoms with E-state index in [4.69, 9.17) is 9.47 Å². The molecular formula is C22H25N3O5S2. The lowest BCUT2D eigenvalue weighted by molar-refractivity contribution is 0.0998. The van der Waals surface area contributed by atoms with E-state index in [-0.39, 0.29) is 11.7 Å². The summed E-state index contributed by atoms with van der Waals surface area (Å²) in [7, 11) is -1.76. The second-order valence-electron chi connectivity index (χ2n) is 7.41. The van der Waals surface area contributed by atoms with Crippen LogP contribution in [0.3, 0.4) is 0 Å². The Morgan fingerprint density at radius 2 is 1.84 bits per heavy atom. The molecular weight excluding hydrogens is 450 g/mol. The molecule has 0 saturated heterocycles. The van der Waals surface area contributed by atoms with Crippen molar-refractivity contribution in [1.82, 2.24) is 8.87 Å². The number of amides is 1. The first-order valence-corrected chi connectivity index (χ1v) is 12.7. The Bertz CT molecular complexity index is 1320. The number of hydrogen-bond donors (Lipinski definition) is 0. The Morgan fingerprint density at radius 3 is 2.50 bits per heavy atom. The van der Waals surface area contributed by atoms with Gasteiger partial charge in [-0.05, 0) is 30.7 Å². The number of benzene rings is 2. The van der Waals surface area contributed by atoms with E-state index in [1.807, 2.05) is 37.6 Å². The van der Waals surface area contributed by atoms with E-state index in [9.17, 15) is 13.2 Å². The number of thiazole rings is 1. The Hall–Kier alpha value is -2.69. The van der Waals surface area contributed by atoms with Crippen LogP contribution in [0.15, 0.2) is 46.3 Å². The quantitative estimate of drug-likeness (QED) is 0.522. The van der Waals surface area contributed by atoms with Gasteiger partial charge >= 0.3 is 0 Å². The lowest BCUT2D eigenvalue weighted by Crippen LogP contribution is -2.31. The summed E-state index contributed by atoms with van der Waals surface area (Å²) in [6.07, 6.45) is 1.72. The van der Waals surface area contributed by atoms with E-state index < -0.39 is 15.9 Å². The summed E-state index contributed by atoms with van der Waals surface area (Å²) >= 11 is 1.37. The Balaban J connectivity index is 1.61. The summed E-state index contributed by atoms with van der Waals surface area (Å²) in [5.74, 6) is 0.907. The van der Waals surface area contributed by atoms with Crippen molar-refractivity contribution in [3.8, 4) is 11.5 Å². The van der Waals surface area contributed by atoms with Gasteiger partial charge in [-0.1, -0.05) is 31.6 Å². The summed E-state index contributed by atoms with van der Waals surface area (Å²) in [5.41, 5.74) is 1.21. The van der Waals surface area contributed by atoms with Crippen molar-refractivity contribution in [2.45, 2.75) is 31.6 Å². The fourth-order valence-corrected chi connectivity index (χ4v) is 5.99. The smallest absolute Gasteiger partial charge is 0.279 e. The maximum Gasteiger partial charge on any atom is 0.279 e. The van der Waals surface area contributed by atoms with E-state index in [0.29, 0.717) is 35.0 Å². The van der Waals surface area contributed by atoms with Gasteiger partial charge in [0, 0.05) is 37.8 Å². The fourth-order valence-electron chi connectivity index (χ4n) is 3.48. The van der Waals surface area contributed by atoms with Crippen molar-refractivity contribution < 1.29 is 22.7 Å². The average molecular weight is 476 g/mol. The van der Waals surface area contributed by atoms with Crippen LogP contribution in [-0.2, 0) is 17.1 Å². The third-order valence-corrected chi connectivity index (χ3v) is 8.44. The van der Waals surface area contributed by atoms with Gasteiger partial charge < -0.3 is 14.0 Å². The number of aryl methyl sites for hydroxylation is 1. The van der Waals surface area contributed by atoms with Crippen LogP contribution in [0.2, 0.25) is 0 Å². The van der Waals surface area contributed by atoms with Crippen molar-refractivity contribution in [3.05, 3.63) is 46.8 Å². The third kappa shape index (κ3) is 4.17. The number of hydrogen-bond acceptors (Lipinski definition) is 6. The van der Waals surface area contributed by atoms with Crippen LogP contribution in [0.4, 0.5) is 0 Å². The molecule has 0 saturated carbocycles. The molecule has 0 fully saturated rings. The van der Waals surface area contributed by atoms with E-state index >= 15 is 0 Å². The number of unbranched alkanes of at least 4 members (excludes halogenated alkanes) is 1. The minimum absolute atomic E-state index is 0.175. The van der Waals surface area contributed by atoms with E-state index in [2.05, 4.69) is 4.99 Å². The number of fused-ring (bicyclic) bond motifs is 2. The van der Waals surface area contributed by atoms with Crippen molar-refractivity contribution in [3.63, 3.8) is 0 Å². The van der Waals surface area contributed by atoms with Gasteiger partial charge in [-0.15, -0.1) is 0 Å². The number of sulfonamides is 1. The molecule has 2 heterocycles. The predicted molar refractivity (Wildman–Crippen MR) is 123 cm³/mol. The summed E-state index contributed by atoms with van der Waals surface area (Å²) in [5, 5.41) is 0. The van der Waals surface area contributed by atoms with Crippen molar-refractivity contribution >= 4 is 37.5 Å². The van der Waals surface area contributed by atoms with Gasteiger partial charge in [0.15, 0.2) is 16.3 Å². The standard InChI is InChI=1S/C22H25N3O5S2/c1-4-6-11-25(5-2)32(27,28)16-9-7-15(8-10-16)21(26)23-22-24(3)17-12-18-19(30-14-29-18)13-20(17)31-22/h7-10,12-13H,4-6,11,14H2,1-3H3. The van der Waals surface area contributed by atoms with Gasteiger partial charge in [-0.25, -0.2) is 8.42 Å². The number of aromatic nitrogens is 1. The SMILES string of the molecule is CCCCN(CC)S(=O)(=O)c1ccc(C(=O)N=c2sc3cc4c(cc3n2C)OCO4)cc1. The highest BCUT2D eigenvalue weighted by atomic mass is 32.2. The highest BCUT2D eigenvalue weighted by Gasteiger charge is 2.23. The topological polar surface area (TPSA) is 90.2 Å². The van der Waals surface area contributed by atoms with Crippen molar-refractivity contribution in [2.24, 2.45) is 12.0 Å². The Morgan fingerprint density at radius 1 is 1.16 bits per heavy atom. The van der Waals surface area contributed by atoms with Gasteiger partial charge in [0.2, 0.25) is 16.8 Å². The van der Waals surface area contributed by atoms with Crippen molar-refractivity contribution in [1.29, 1.82) is 0 Å². The molecule has 1 amide bonds. The second-order valence-corrected chi connectivity index (χ2v) is 10.4. The monoisotopic (exact) mass is 475 g/mol. The first-order valence-electron chi connectivity index (χ1n) is 10.4. The lowest BCUT2D eigenvalue weighted by Gasteiger charge is -2.20. The molecule has 170 valence electrons. The van der Waals surface area contributed by atoms with Gasteiger partial charge in [0.1, 0.15) is 0 Å². The first-order chi connectivity index (χ1) is 15.3. The molecule has 0 spiro atoms. The zero-order valence-corrected chi connectivity index (χ0v) is 19.8. The summed E-state index contributed by atoms with van der Waals surface area (Å²) in [4.78, 5) is 17.7. The van der Waals surface area contributed by atoms with Crippen LogP contribution in [-0.4, -0.2) is 43.1 Å². The largest absolute Gasteiger partial charge is 0.454 e.